The molecule has 1 atom stereocenters. The maximum atomic E-state index is 5.55. The summed E-state index contributed by atoms with van der Waals surface area (Å²) in [5.74, 6) is 0. The summed E-state index contributed by atoms with van der Waals surface area (Å²) in [7, 11) is 0. The fourth-order valence-electron chi connectivity index (χ4n) is 1.35. The van der Waals surface area contributed by atoms with E-state index in [0.29, 0.717) is 6.10 Å². The van der Waals surface area contributed by atoms with Crippen LogP contribution < -0.4 is 0 Å². The van der Waals surface area contributed by atoms with Gasteiger partial charge >= 0.3 is 0 Å². The Balaban J connectivity index is 2.21. The van der Waals surface area contributed by atoms with Crippen LogP contribution >= 0.6 is 15.9 Å². The summed E-state index contributed by atoms with van der Waals surface area (Å²) in [6.07, 6.45) is 1.61. The number of hydrogen-bond donors (Lipinski definition) is 0. The van der Waals surface area contributed by atoms with Crippen molar-refractivity contribution in [3.63, 3.8) is 0 Å². The second kappa shape index (κ2) is 5.12. The van der Waals surface area contributed by atoms with E-state index in [0.717, 1.165) is 38.0 Å². The fraction of sp³-hybridized carbons (Fsp3) is 1.00. The Morgan fingerprint density at radius 3 is 3.09 bits per heavy atom. The largest absolute Gasteiger partial charge is 0.376 e. The number of morpholine rings is 1. The van der Waals surface area contributed by atoms with Gasteiger partial charge in [-0.3, -0.25) is 4.90 Å². The summed E-state index contributed by atoms with van der Waals surface area (Å²) in [5, 5.41) is 1.07. The zero-order valence-electron chi connectivity index (χ0n) is 7.05. The summed E-state index contributed by atoms with van der Waals surface area (Å²) < 4.78 is 5.55. The monoisotopic (exact) mass is 221 g/mol. The first-order valence-corrected chi connectivity index (χ1v) is 5.39. The van der Waals surface area contributed by atoms with Gasteiger partial charge in [-0.05, 0) is 6.42 Å². The van der Waals surface area contributed by atoms with Crippen molar-refractivity contribution in [2.75, 3.05) is 31.6 Å². The molecule has 0 aromatic rings. The standard InChI is InChI=1S/C8H16BrNO/c1-2-8-7-10(4-3-9)5-6-11-8/h8H,2-7H2,1H3. The number of rotatable bonds is 3. The first-order valence-electron chi connectivity index (χ1n) is 4.26. The van der Waals surface area contributed by atoms with Crippen molar-refractivity contribution in [3.05, 3.63) is 0 Å². The van der Waals surface area contributed by atoms with Crippen molar-refractivity contribution in [2.24, 2.45) is 0 Å². The van der Waals surface area contributed by atoms with E-state index < -0.39 is 0 Å². The summed E-state index contributed by atoms with van der Waals surface area (Å²) in [6.45, 7) is 6.46. The topological polar surface area (TPSA) is 12.5 Å². The van der Waals surface area contributed by atoms with Crippen molar-refractivity contribution in [1.82, 2.24) is 4.90 Å². The second-order valence-electron chi connectivity index (χ2n) is 2.89. The molecule has 0 aromatic carbocycles. The van der Waals surface area contributed by atoms with Crippen LogP contribution in [0.25, 0.3) is 0 Å². The Morgan fingerprint density at radius 1 is 1.64 bits per heavy atom. The van der Waals surface area contributed by atoms with Gasteiger partial charge in [0.15, 0.2) is 0 Å². The predicted molar refractivity (Wildman–Crippen MR) is 50.3 cm³/mol. The predicted octanol–water partition coefficient (Wildman–Crippen LogP) is 1.49. The Kier molecular flexibility index (Phi) is 4.41. The molecule has 0 saturated carbocycles. The first kappa shape index (κ1) is 9.49. The van der Waals surface area contributed by atoms with Crippen LogP contribution in [0.1, 0.15) is 13.3 Å². The van der Waals surface area contributed by atoms with Crippen LogP contribution in [0.3, 0.4) is 0 Å². The molecule has 0 bridgehead atoms. The van der Waals surface area contributed by atoms with Crippen LogP contribution in [-0.2, 0) is 4.74 Å². The lowest BCUT2D eigenvalue weighted by Crippen LogP contribution is -2.42. The van der Waals surface area contributed by atoms with E-state index in [1.54, 1.807) is 0 Å². The SMILES string of the molecule is CCC1CN(CCBr)CCO1. The molecule has 0 N–H and O–H groups in total. The van der Waals surface area contributed by atoms with E-state index in [-0.39, 0.29) is 0 Å². The third-order valence-electron chi connectivity index (χ3n) is 2.08. The molecular formula is C8H16BrNO. The van der Waals surface area contributed by atoms with Crippen LogP contribution in [0, 0.1) is 0 Å². The maximum absolute atomic E-state index is 5.55. The third-order valence-corrected chi connectivity index (χ3v) is 2.43. The van der Waals surface area contributed by atoms with Gasteiger partial charge in [-0.2, -0.15) is 0 Å². The molecule has 0 aliphatic carbocycles. The highest BCUT2D eigenvalue weighted by atomic mass is 79.9. The van der Waals surface area contributed by atoms with Gasteiger partial charge in [-0.25, -0.2) is 0 Å². The average molecular weight is 222 g/mol. The molecule has 1 heterocycles. The number of ether oxygens (including phenoxy) is 1. The lowest BCUT2D eigenvalue weighted by molar-refractivity contribution is -0.0273. The van der Waals surface area contributed by atoms with E-state index in [4.69, 9.17) is 4.74 Å². The first-order chi connectivity index (χ1) is 5.36. The quantitative estimate of drug-likeness (QED) is 0.671. The number of halogens is 1. The maximum Gasteiger partial charge on any atom is 0.0700 e. The molecular weight excluding hydrogens is 206 g/mol. The van der Waals surface area contributed by atoms with E-state index in [1.165, 1.54) is 0 Å². The van der Waals surface area contributed by atoms with Gasteiger partial charge in [0.2, 0.25) is 0 Å². The zero-order valence-corrected chi connectivity index (χ0v) is 8.64. The van der Waals surface area contributed by atoms with Crippen molar-refractivity contribution in [1.29, 1.82) is 0 Å². The van der Waals surface area contributed by atoms with Crippen molar-refractivity contribution in [3.8, 4) is 0 Å². The lowest BCUT2D eigenvalue weighted by atomic mass is 10.2. The summed E-state index contributed by atoms with van der Waals surface area (Å²) in [4.78, 5) is 2.45. The summed E-state index contributed by atoms with van der Waals surface area (Å²) in [6, 6.07) is 0. The zero-order chi connectivity index (χ0) is 8.10. The average Bonchev–Trinajstić information content (AvgIpc) is 2.06. The van der Waals surface area contributed by atoms with Gasteiger partial charge in [0.1, 0.15) is 0 Å². The molecule has 0 amide bonds. The number of hydrogen-bond acceptors (Lipinski definition) is 2. The lowest BCUT2D eigenvalue weighted by Gasteiger charge is -2.31. The van der Waals surface area contributed by atoms with E-state index in [2.05, 4.69) is 27.8 Å². The van der Waals surface area contributed by atoms with E-state index in [1.807, 2.05) is 0 Å². The molecule has 0 spiro atoms. The highest BCUT2D eigenvalue weighted by molar-refractivity contribution is 9.09. The normalized spacial score (nSPS) is 27.3. The van der Waals surface area contributed by atoms with Gasteiger partial charge in [0.25, 0.3) is 0 Å². The van der Waals surface area contributed by atoms with Crippen LogP contribution in [-0.4, -0.2) is 42.6 Å². The molecule has 1 aliphatic heterocycles. The minimum absolute atomic E-state index is 0.475. The van der Waals surface area contributed by atoms with E-state index in [9.17, 15) is 0 Å². The van der Waals surface area contributed by atoms with Crippen molar-refractivity contribution >= 4 is 15.9 Å². The minimum Gasteiger partial charge on any atom is -0.376 e. The molecule has 2 nitrogen and oxygen atoms in total. The molecule has 1 unspecified atom stereocenters. The van der Waals surface area contributed by atoms with Crippen LogP contribution in [0.2, 0.25) is 0 Å². The Hall–Kier alpha value is 0.400. The third kappa shape index (κ3) is 3.09. The summed E-state index contributed by atoms with van der Waals surface area (Å²) >= 11 is 3.44. The van der Waals surface area contributed by atoms with Gasteiger partial charge in [0, 0.05) is 25.0 Å². The number of nitrogens with zero attached hydrogens (tertiary/aromatic N) is 1. The minimum atomic E-state index is 0.475. The van der Waals surface area contributed by atoms with E-state index >= 15 is 0 Å². The molecule has 1 saturated heterocycles. The van der Waals surface area contributed by atoms with Crippen molar-refractivity contribution < 1.29 is 4.74 Å². The van der Waals surface area contributed by atoms with Crippen LogP contribution in [0.5, 0.6) is 0 Å². The molecule has 1 aliphatic rings. The highest BCUT2D eigenvalue weighted by Gasteiger charge is 2.17. The van der Waals surface area contributed by atoms with Gasteiger partial charge in [0.05, 0.1) is 12.7 Å². The molecule has 1 rings (SSSR count). The molecule has 0 radical (unpaired) electrons. The second-order valence-corrected chi connectivity index (χ2v) is 3.68. The molecule has 3 heteroatoms. The van der Waals surface area contributed by atoms with Gasteiger partial charge in [-0.1, -0.05) is 22.9 Å². The Bertz CT molecular complexity index is 108. The Labute approximate surface area is 77.0 Å². The molecule has 1 fully saturated rings. The fourth-order valence-corrected chi connectivity index (χ4v) is 1.85. The van der Waals surface area contributed by atoms with Crippen LogP contribution in [0.15, 0.2) is 0 Å². The van der Waals surface area contributed by atoms with Gasteiger partial charge < -0.3 is 4.74 Å². The molecule has 0 aromatic heterocycles. The molecule has 66 valence electrons. The highest BCUT2D eigenvalue weighted by Crippen LogP contribution is 2.07. The van der Waals surface area contributed by atoms with Gasteiger partial charge in [-0.15, -0.1) is 0 Å². The van der Waals surface area contributed by atoms with Crippen molar-refractivity contribution in [2.45, 2.75) is 19.4 Å². The summed E-state index contributed by atoms with van der Waals surface area (Å²) in [5.41, 5.74) is 0. The smallest absolute Gasteiger partial charge is 0.0700 e. The molecule has 11 heavy (non-hydrogen) atoms. The van der Waals surface area contributed by atoms with Crippen LogP contribution in [0.4, 0.5) is 0 Å². The number of alkyl halides is 1. The Morgan fingerprint density at radius 2 is 2.45 bits per heavy atom.